The van der Waals surface area contributed by atoms with Crippen molar-refractivity contribution in [3.63, 3.8) is 0 Å². The molecule has 0 bridgehead atoms. The minimum absolute atomic E-state index is 0.0613. The second kappa shape index (κ2) is 19.5. The Morgan fingerprint density at radius 2 is 1.59 bits per heavy atom. The molecule has 58 heavy (non-hydrogen) atoms. The summed E-state index contributed by atoms with van der Waals surface area (Å²) < 4.78 is 80.8. The Kier molecular flexibility index (Phi) is 14.1. The molecule has 2 aromatic heterocycles. The third-order valence-corrected chi connectivity index (χ3v) is 9.52. The number of pyridine rings is 1. The lowest BCUT2D eigenvalue weighted by molar-refractivity contribution is -0.138. The molecule has 0 spiro atoms. The monoisotopic (exact) mass is 803 g/mol. The number of alkyl halides is 3. The zero-order valence-corrected chi connectivity index (χ0v) is 32.4. The van der Waals surface area contributed by atoms with Crippen LogP contribution in [0.5, 0.6) is 17.2 Å². The number of halogens is 4. The summed E-state index contributed by atoms with van der Waals surface area (Å²) in [4.78, 5) is 30.1. The van der Waals surface area contributed by atoms with Gasteiger partial charge >= 0.3 is 12.2 Å². The van der Waals surface area contributed by atoms with Crippen molar-refractivity contribution >= 4 is 17.4 Å². The van der Waals surface area contributed by atoms with Crippen molar-refractivity contribution < 1.29 is 41.3 Å². The smallest absolute Gasteiger partial charge is 0.416 e. The van der Waals surface area contributed by atoms with Gasteiger partial charge in [0.2, 0.25) is 0 Å². The van der Waals surface area contributed by atoms with Crippen LogP contribution < -0.4 is 24.8 Å². The fraction of sp³-hybridized carbons (Fsp3) is 0.333. The van der Waals surface area contributed by atoms with Gasteiger partial charge in [-0.2, -0.15) is 13.2 Å². The molecule has 0 aliphatic carbocycles. The molecule has 1 aliphatic heterocycles. The number of hydrogen-bond donors (Lipinski definition) is 2. The summed E-state index contributed by atoms with van der Waals surface area (Å²) in [7, 11) is 1.57. The van der Waals surface area contributed by atoms with Crippen LogP contribution in [-0.4, -0.2) is 83.8 Å². The third-order valence-electron chi connectivity index (χ3n) is 9.52. The zero-order valence-electron chi connectivity index (χ0n) is 32.4. The number of aromatic nitrogens is 3. The molecule has 3 heterocycles. The molecule has 2 amide bonds. The molecule has 0 unspecified atom stereocenters. The lowest BCUT2D eigenvalue weighted by Gasteiger charge is -2.34. The molecule has 1 saturated heterocycles. The number of nitrogens with zero attached hydrogens (tertiary/aromatic N) is 5. The van der Waals surface area contributed by atoms with Crippen LogP contribution in [-0.2, 0) is 30.7 Å². The quantitative estimate of drug-likeness (QED) is 0.0751. The summed E-state index contributed by atoms with van der Waals surface area (Å²) >= 11 is 0. The van der Waals surface area contributed by atoms with Gasteiger partial charge in [-0.25, -0.2) is 19.2 Å². The Hall–Kier alpha value is -5.84. The van der Waals surface area contributed by atoms with Crippen LogP contribution in [0.25, 0.3) is 11.4 Å². The Labute approximate surface area is 334 Å². The van der Waals surface area contributed by atoms with Gasteiger partial charge in [-0.3, -0.25) is 9.88 Å². The van der Waals surface area contributed by atoms with E-state index in [1.807, 2.05) is 54.3 Å². The highest BCUT2D eigenvalue weighted by Crippen LogP contribution is 2.36. The average molecular weight is 804 g/mol. The number of urea groups is 1. The van der Waals surface area contributed by atoms with E-state index < -0.39 is 29.3 Å². The van der Waals surface area contributed by atoms with E-state index in [9.17, 15) is 18.0 Å². The van der Waals surface area contributed by atoms with Crippen LogP contribution >= 0.6 is 0 Å². The number of rotatable bonds is 16. The Bertz CT molecular complexity index is 2150. The second-order valence-electron chi connectivity index (χ2n) is 13.5. The van der Waals surface area contributed by atoms with Crippen LogP contribution in [0.15, 0.2) is 85.3 Å². The van der Waals surface area contributed by atoms with Crippen LogP contribution in [0, 0.1) is 12.7 Å². The molecule has 2 N–H and O–H groups in total. The van der Waals surface area contributed by atoms with E-state index in [-0.39, 0.29) is 30.2 Å². The summed E-state index contributed by atoms with van der Waals surface area (Å²) in [6.07, 6.45) is -0.325. The number of anilines is 2. The number of benzene rings is 3. The van der Waals surface area contributed by atoms with Gasteiger partial charge in [0.05, 0.1) is 55.3 Å². The summed E-state index contributed by atoms with van der Waals surface area (Å²) in [6, 6.07) is 17.5. The van der Waals surface area contributed by atoms with Crippen molar-refractivity contribution in [2.75, 3.05) is 63.7 Å². The third kappa shape index (κ3) is 11.4. The molecule has 3 aromatic carbocycles. The van der Waals surface area contributed by atoms with Gasteiger partial charge in [0.1, 0.15) is 36.3 Å². The normalized spacial score (nSPS) is 13.6. The zero-order chi connectivity index (χ0) is 41.1. The van der Waals surface area contributed by atoms with Crippen LogP contribution in [0.2, 0.25) is 0 Å². The predicted molar refractivity (Wildman–Crippen MR) is 210 cm³/mol. The maximum absolute atomic E-state index is 15.2. The van der Waals surface area contributed by atoms with Gasteiger partial charge in [-0.1, -0.05) is 37.3 Å². The number of aryl methyl sites for hydroxylation is 1. The highest BCUT2D eigenvalue weighted by Gasteiger charge is 2.35. The van der Waals surface area contributed by atoms with E-state index in [0.717, 1.165) is 36.8 Å². The fourth-order valence-electron chi connectivity index (χ4n) is 6.29. The lowest BCUT2D eigenvalue weighted by atomic mass is 10.0. The molecule has 1 aliphatic rings. The lowest BCUT2D eigenvalue weighted by Crippen LogP contribution is -2.45. The van der Waals surface area contributed by atoms with E-state index in [2.05, 4.69) is 30.5 Å². The molecule has 306 valence electrons. The minimum Gasteiger partial charge on any atom is -0.497 e. The van der Waals surface area contributed by atoms with Crippen molar-refractivity contribution in [3.05, 3.63) is 119 Å². The maximum atomic E-state index is 15.2. The van der Waals surface area contributed by atoms with E-state index in [1.54, 1.807) is 38.6 Å². The number of piperazine rings is 1. The summed E-state index contributed by atoms with van der Waals surface area (Å²) in [5.41, 5.74) is 1.05. The van der Waals surface area contributed by atoms with Gasteiger partial charge in [0, 0.05) is 56.1 Å². The molecule has 0 saturated carbocycles. The number of amides is 2. The maximum Gasteiger partial charge on any atom is 0.416 e. The van der Waals surface area contributed by atoms with Gasteiger partial charge in [0.15, 0.2) is 5.82 Å². The van der Waals surface area contributed by atoms with Crippen molar-refractivity contribution in [2.45, 2.75) is 39.8 Å². The molecule has 6 rings (SSSR count). The van der Waals surface area contributed by atoms with Gasteiger partial charge in [0.25, 0.3) is 0 Å². The average Bonchev–Trinajstić information content (AvgIpc) is 3.22. The van der Waals surface area contributed by atoms with Gasteiger partial charge in [-0.05, 0) is 54.9 Å². The molecule has 0 radical (unpaired) electrons. The number of ether oxygens (including phenoxy) is 4. The first-order valence-corrected chi connectivity index (χ1v) is 18.7. The first-order chi connectivity index (χ1) is 28.0. The van der Waals surface area contributed by atoms with E-state index >= 15 is 4.39 Å². The number of carbonyl (C=O) groups excluding carboxylic acids is 1. The number of carbonyl (C=O) groups is 1. The highest BCUT2D eigenvalue weighted by molar-refractivity contribution is 6.00. The number of nitrogens with one attached hydrogen (secondary N) is 2. The number of methoxy groups -OCH3 is 1. The molecule has 16 heteroatoms. The number of likely N-dealkylation sites (N-methyl/N-ethyl adjacent to an activating group) is 1. The highest BCUT2D eigenvalue weighted by atomic mass is 19.4. The Balaban J connectivity index is 1.06. The van der Waals surface area contributed by atoms with Gasteiger partial charge < -0.3 is 34.5 Å². The van der Waals surface area contributed by atoms with Crippen LogP contribution in [0.4, 0.5) is 33.7 Å². The van der Waals surface area contributed by atoms with Crippen molar-refractivity contribution in [1.29, 1.82) is 0 Å². The van der Waals surface area contributed by atoms with Crippen molar-refractivity contribution in [2.24, 2.45) is 0 Å². The molecule has 1 fully saturated rings. The minimum atomic E-state index is -4.76. The first kappa shape index (κ1) is 41.8. The summed E-state index contributed by atoms with van der Waals surface area (Å²) in [6.45, 7) is 8.33. The Morgan fingerprint density at radius 3 is 2.31 bits per heavy atom. The van der Waals surface area contributed by atoms with E-state index in [1.165, 1.54) is 6.20 Å². The molecule has 5 aromatic rings. The number of hydrogen-bond acceptors (Lipinski definition) is 10. The topological polar surface area (TPSA) is 123 Å². The van der Waals surface area contributed by atoms with Crippen molar-refractivity contribution in [1.82, 2.24) is 24.8 Å². The van der Waals surface area contributed by atoms with Gasteiger partial charge in [-0.15, -0.1) is 0 Å². The molecular formula is C42H45F4N7O5. The van der Waals surface area contributed by atoms with Crippen molar-refractivity contribution in [3.8, 4) is 28.6 Å². The standard InChI is InChI=1S/C42H45F4N7O5/c1-4-52-12-14-53(15-13-52)25-32-19-36(43)37(21-35(32)42(44,45)46)50-41(54)51-38-24-48-40(49-28(38)2)31-18-34(23-47-22-31)58-27-30-10-11-33(55-3)20-39(30)57-17-16-56-26-29-8-6-5-7-9-29/h5-11,18-24H,4,12-17,25-27H2,1-3H3,(H2,50,51,54). The first-order valence-electron chi connectivity index (χ1n) is 18.7. The SMILES string of the molecule is CCN1CCN(Cc2cc(F)c(NC(=O)Nc3cnc(-c4cncc(OCc5ccc(OC)cc5OCCOCc5ccccc5)c4)nc3C)cc2C(F)(F)F)CC1. The largest absolute Gasteiger partial charge is 0.497 e. The fourth-order valence-corrected chi connectivity index (χ4v) is 6.29. The van der Waals surface area contributed by atoms with Crippen LogP contribution in [0.1, 0.15) is 34.9 Å². The summed E-state index contributed by atoms with van der Waals surface area (Å²) in [5, 5.41) is 4.71. The molecule has 12 nitrogen and oxygen atoms in total. The van der Waals surface area contributed by atoms with E-state index in [0.29, 0.717) is 67.5 Å². The van der Waals surface area contributed by atoms with E-state index in [4.69, 9.17) is 18.9 Å². The van der Waals surface area contributed by atoms with Crippen LogP contribution in [0.3, 0.4) is 0 Å². The molecular weight excluding hydrogens is 758 g/mol. The predicted octanol–water partition coefficient (Wildman–Crippen LogP) is 7.97. The second-order valence-corrected chi connectivity index (χ2v) is 13.5. The Morgan fingerprint density at radius 1 is 0.828 bits per heavy atom. The summed E-state index contributed by atoms with van der Waals surface area (Å²) in [5.74, 6) is 0.925. The molecule has 0 atom stereocenters.